The Morgan fingerprint density at radius 2 is 2.27 bits per heavy atom. The maximum Gasteiger partial charge on any atom is 0.172 e. The number of hydrogen-bond donors (Lipinski definition) is 1. The molecule has 1 aromatic carbocycles. The number of imidazole rings is 1. The number of hydrogen-bond acceptors (Lipinski definition) is 3. The van der Waals surface area contributed by atoms with Crippen LogP contribution in [0.5, 0.6) is 0 Å². The number of para-hydroxylation sites is 1. The highest BCUT2D eigenvalue weighted by Gasteiger charge is 2.08. The molecule has 0 amide bonds. The van der Waals surface area contributed by atoms with Gasteiger partial charge in [-0.3, -0.25) is 0 Å². The van der Waals surface area contributed by atoms with E-state index in [4.69, 9.17) is 5.73 Å². The largest absolute Gasteiger partial charge is 0.395 e. The van der Waals surface area contributed by atoms with E-state index < -0.39 is 5.82 Å². The number of halogens is 1. The third-order valence-corrected chi connectivity index (χ3v) is 3.14. The predicted octanol–water partition coefficient (Wildman–Crippen LogP) is 2.29. The first kappa shape index (κ1) is 10.0. The number of rotatable bonds is 2. The summed E-state index contributed by atoms with van der Waals surface area (Å²) < 4.78 is 15.0. The van der Waals surface area contributed by atoms with Gasteiger partial charge in [0, 0.05) is 24.3 Å². The van der Waals surface area contributed by atoms with Crippen molar-refractivity contribution in [1.29, 1.82) is 0 Å². The van der Waals surface area contributed by atoms with Crippen LogP contribution < -0.4 is 5.73 Å². The molecule has 0 aliphatic carbocycles. The van der Waals surface area contributed by atoms with Crippen LogP contribution in [0.2, 0.25) is 0 Å². The van der Waals surface area contributed by atoms with Gasteiger partial charge in [-0.25, -0.2) is 9.37 Å². The van der Waals surface area contributed by atoms with Gasteiger partial charge in [0.05, 0.1) is 5.69 Å². The third kappa shape index (κ3) is 1.97. The zero-order chi connectivity index (χ0) is 10.8. The maximum atomic E-state index is 13.1. The number of aromatic nitrogens is 2. The minimum absolute atomic E-state index is 0.172. The van der Waals surface area contributed by atoms with Crippen molar-refractivity contribution in [1.82, 2.24) is 9.55 Å². The van der Waals surface area contributed by atoms with E-state index >= 15 is 0 Å². The van der Waals surface area contributed by atoms with E-state index in [2.05, 4.69) is 4.98 Å². The van der Waals surface area contributed by atoms with Crippen LogP contribution in [-0.2, 0) is 7.05 Å². The number of nitrogens with two attached hydrogens (primary N) is 1. The van der Waals surface area contributed by atoms with Crippen LogP contribution >= 0.6 is 11.8 Å². The monoisotopic (exact) mass is 223 g/mol. The average Bonchev–Trinajstić information content (AvgIpc) is 2.60. The Bertz CT molecular complexity index is 481. The molecule has 2 N–H and O–H groups in total. The standard InChI is InChI=1S/C10H10FN3S/c1-14-6-5-13-10(14)15-8-4-2-3-7(11)9(8)12/h2-6H,12H2,1H3. The van der Waals surface area contributed by atoms with Gasteiger partial charge in [-0.05, 0) is 23.9 Å². The number of nitrogen functional groups attached to an aromatic ring is 1. The van der Waals surface area contributed by atoms with Crippen LogP contribution in [0.3, 0.4) is 0 Å². The van der Waals surface area contributed by atoms with Gasteiger partial charge in [-0.2, -0.15) is 0 Å². The summed E-state index contributed by atoms with van der Waals surface area (Å²) in [6.07, 6.45) is 3.52. The van der Waals surface area contributed by atoms with Crippen molar-refractivity contribution in [3.05, 3.63) is 36.4 Å². The summed E-state index contributed by atoms with van der Waals surface area (Å²) in [4.78, 5) is 4.81. The van der Waals surface area contributed by atoms with Gasteiger partial charge in [0.2, 0.25) is 0 Å². The van der Waals surface area contributed by atoms with E-state index in [1.165, 1.54) is 17.8 Å². The Morgan fingerprint density at radius 1 is 1.47 bits per heavy atom. The molecule has 78 valence electrons. The van der Waals surface area contributed by atoms with Gasteiger partial charge < -0.3 is 10.3 Å². The van der Waals surface area contributed by atoms with Crippen molar-refractivity contribution in [2.75, 3.05) is 5.73 Å². The molecule has 0 spiro atoms. The molecule has 0 bridgehead atoms. The van der Waals surface area contributed by atoms with Crippen LogP contribution in [0.15, 0.2) is 40.6 Å². The Hall–Kier alpha value is -1.49. The van der Waals surface area contributed by atoms with Crippen molar-refractivity contribution in [2.45, 2.75) is 10.1 Å². The molecule has 1 heterocycles. The molecule has 5 heteroatoms. The summed E-state index contributed by atoms with van der Waals surface area (Å²) in [6.45, 7) is 0. The second-order valence-corrected chi connectivity index (χ2v) is 4.08. The summed E-state index contributed by atoms with van der Waals surface area (Å²) >= 11 is 1.35. The number of anilines is 1. The summed E-state index contributed by atoms with van der Waals surface area (Å²) in [5.41, 5.74) is 5.79. The van der Waals surface area contributed by atoms with Crippen molar-refractivity contribution in [3.63, 3.8) is 0 Å². The molecule has 0 radical (unpaired) electrons. The molecule has 3 nitrogen and oxygen atoms in total. The summed E-state index contributed by atoms with van der Waals surface area (Å²) in [7, 11) is 1.88. The minimum atomic E-state index is -0.394. The summed E-state index contributed by atoms with van der Waals surface area (Å²) in [5.74, 6) is -0.394. The Morgan fingerprint density at radius 3 is 2.93 bits per heavy atom. The van der Waals surface area contributed by atoms with Gasteiger partial charge in [-0.15, -0.1) is 0 Å². The van der Waals surface area contributed by atoms with Crippen molar-refractivity contribution >= 4 is 17.4 Å². The highest BCUT2D eigenvalue weighted by Crippen LogP contribution is 2.31. The molecule has 0 aliphatic heterocycles. The van der Waals surface area contributed by atoms with Crippen molar-refractivity contribution in [2.24, 2.45) is 7.05 Å². The van der Waals surface area contributed by atoms with Crippen LogP contribution in [0.25, 0.3) is 0 Å². The van der Waals surface area contributed by atoms with Crippen molar-refractivity contribution in [3.8, 4) is 0 Å². The fourth-order valence-electron chi connectivity index (χ4n) is 1.15. The van der Waals surface area contributed by atoms with Gasteiger partial charge in [0.1, 0.15) is 5.82 Å². The van der Waals surface area contributed by atoms with E-state index in [0.29, 0.717) is 4.90 Å². The first-order valence-corrected chi connectivity index (χ1v) is 5.19. The first-order valence-electron chi connectivity index (χ1n) is 4.37. The molecule has 0 atom stereocenters. The summed E-state index contributed by atoms with van der Waals surface area (Å²) in [5, 5.41) is 0.785. The zero-order valence-electron chi connectivity index (χ0n) is 8.14. The topological polar surface area (TPSA) is 43.8 Å². The minimum Gasteiger partial charge on any atom is -0.395 e. The van der Waals surface area contributed by atoms with Gasteiger partial charge in [0.15, 0.2) is 5.16 Å². The lowest BCUT2D eigenvalue weighted by molar-refractivity contribution is 0.629. The Balaban J connectivity index is 2.33. The maximum absolute atomic E-state index is 13.1. The highest BCUT2D eigenvalue weighted by molar-refractivity contribution is 7.99. The fourth-order valence-corrected chi connectivity index (χ4v) is 2.02. The van der Waals surface area contributed by atoms with Gasteiger partial charge in [0.25, 0.3) is 0 Å². The Kier molecular flexibility index (Phi) is 2.64. The molecule has 0 saturated heterocycles. The lowest BCUT2D eigenvalue weighted by Crippen LogP contribution is -1.94. The van der Waals surface area contributed by atoms with Crippen LogP contribution in [0.4, 0.5) is 10.1 Å². The number of aryl methyl sites for hydroxylation is 1. The van der Waals surface area contributed by atoms with Crippen LogP contribution in [0, 0.1) is 5.82 Å². The molecule has 15 heavy (non-hydrogen) atoms. The molecule has 0 unspecified atom stereocenters. The second-order valence-electron chi connectivity index (χ2n) is 3.07. The van der Waals surface area contributed by atoms with Gasteiger partial charge >= 0.3 is 0 Å². The lowest BCUT2D eigenvalue weighted by atomic mass is 10.3. The van der Waals surface area contributed by atoms with E-state index in [-0.39, 0.29) is 5.69 Å². The fraction of sp³-hybridized carbons (Fsp3) is 0.100. The first-order chi connectivity index (χ1) is 7.18. The molecule has 2 rings (SSSR count). The molecular formula is C10H10FN3S. The molecule has 0 aliphatic rings. The number of nitrogens with zero attached hydrogens (tertiary/aromatic N) is 2. The van der Waals surface area contributed by atoms with Crippen LogP contribution in [0.1, 0.15) is 0 Å². The van der Waals surface area contributed by atoms with Crippen LogP contribution in [-0.4, -0.2) is 9.55 Å². The van der Waals surface area contributed by atoms with E-state index in [1.807, 2.05) is 17.8 Å². The molecule has 0 fully saturated rings. The normalized spacial score (nSPS) is 10.5. The predicted molar refractivity (Wildman–Crippen MR) is 58.1 cm³/mol. The molecule has 0 saturated carbocycles. The highest BCUT2D eigenvalue weighted by atomic mass is 32.2. The Labute approximate surface area is 91.1 Å². The van der Waals surface area contributed by atoms with E-state index in [0.717, 1.165) is 5.16 Å². The van der Waals surface area contributed by atoms with Crippen molar-refractivity contribution < 1.29 is 4.39 Å². The van der Waals surface area contributed by atoms with E-state index in [9.17, 15) is 4.39 Å². The second kappa shape index (κ2) is 3.94. The van der Waals surface area contributed by atoms with Gasteiger partial charge in [-0.1, -0.05) is 6.07 Å². The third-order valence-electron chi connectivity index (χ3n) is 1.99. The summed E-state index contributed by atoms with van der Waals surface area (Å²) in [6, 6.07) is 4.76. The smallest absolute Gasteiger partial charge is 0.172 e. The molecular weight excluding hydrogens is 213 g/mol. The number of benzene rings is 1. The SMILES string of the molecule is Cn1ccnc1Sc1cccc(F)c1N. The molecule has 1 aromatic heterocycles. The lowest BCUT2D eigenvalue weighted by Gasteiger charge is -2.05. The molecule has 2 aromatic rings. The zero-order valence-corrected chi connectivity index (χ0v) is 8.96. The average molecular weight is 223 g/mol. The quantitative estimate of drug-likeness (QED) is 0.794. The van der Waals surface area contributed by atoms with E-state index in [1.54, 1.807) is 18.3 Å².